The van der Waals surface area contributed by atoms with Crippen LogP contribution in [0.4, 0.5) is 17.5 Å². The van der Waals surface area contributed by atoms with E-state index in [4.69, 9.17) is 0 Å². The van der Waals surface area contributed by atoms with Crippen molar-refractivity contribution >= 4 is 45.1 Å². The van der Waals surface area contributed by atoms with Crippen molar-refractivity contribution in [2.75, 3.05) is 23.4 Å². The fourth-order valence-corrected chi connectivity index (χ4v) is 2.42. The number of rotatable bonds is 5. The highest BCUT2D eigenvalue weighted by Crippen LogP contribution is 2.30. The first kappa shape index (κ1) is 14.1. The van der Waals surface area contributed by atoms with Crippen LogP contribution in [0.25, 0.3) is 0 Å². The highest BCUT2D eigenvalue weighted by molar-refractivity contribution is 9.10. The quantitative estimate of drug-likeness (QED) is 0.802. The number of para-hydroxylation sites is 1. The van der Waals surface area contributed by atoms with Gasteiger partial charge >= 0.3 is 0 Å². The van der Waals surface area contributed by atoms with Gasteiger partial charge in [0.1, 0.15) is 5.82 Å². The van der Waals surface area contributed by atoms with E-state index in [2.05, 4.69) is 48.9 Å². The molecule has 0 aliphatic rings. The van der Waals surface area contributed by atoms with Gasteiger partial charge in [-0.05, 0) is 41.2 Å². The number of hydrogen-bond acceptors (Lipinski definition) is 5. The van der Waals surface area contributed by atoms with Gasteiger partial charge in [-0.25, -0.2) is 4.98 Å². The maximum absolute atomic E-state index is 4.44. The van der Waals surface area contributed by atoms with Gasteiger partial charge in [0.05, 0.1) is 10.2 Å². The SMILES string of the molecule is CCNc1ncc(Br)c(Nc2ccccc2SC)n1. The first-order valence-corrected chi connectivity index (χ1v) is 7.92. The summed E-state index contributed by atoms with van der Waals surface area (Å²) in [5.74, 6) is 1.38. The van der Waals surface area contributed by atoms with Crippen LogP contribution in [0.5, 0.6) is 0 Å². The zero-order chi connectivity index (χ0) is 13.7. The van der Waals surface area contributed by atoms with Crippen LogP contribution < -0.4 is 10.6 Å². The van der Waals surface area contributed by atoms with Crippen molar-refractivity contribution < 1.29 is 0 Å². The number of nitrogens with zero attached hydrogens (tertiary/aromatic N) is 2. The largest absolute Gasteiger partial charge is 0.354 e. The van der Waals surface area contributed by atoms with E-state index >= 15 is 0 Å². The maximum atomic E-state index is 4.44. The molecule has 0 unspecified atom stereocenters. The lowest BCUT2D eigenvalue weighted by Gasteiger charge is -2.12. The van der Waals surface area contributed by atoms with Gasteiger partial charge in [-0.15, -0.1) is 11.8 Å². The molecule has 100 valence electrons. The van der Waals surface area contributed by atoms with Crippen LogP contribution in [0.1, 0.15) is 6.92 Å². The third-order valence-corrected chi connectivity index (χ3v) is 3.82. The number of thioether (sulfide) groups is 1. The molecule has 1 heterocycles. The second kappa shape index (κ2) is 6.77. The highest BCUT2D eigenvalue weighted by Gasteiger charge is 2.07. The first-order valence-electron chi connectivity index (χ1n) is 5.91. The van der Waals surface area contributed by atoms with Crippen molar-refractivity contribution in [2.45, 2.75) is 11.8 Å². The molecule has 2 aromatic rings. The van der Waals surface area contributed by atoms with Gasteiger partial charge in [0, 0.05) is 17.6 Å². The van der Waals surface area contributed by atoms with Gasteiger partial charge in [-0.1, -0.05) is 12.1 Å². The molecule has 0 radical (unpaired) electrons. The summed E-state index contributed by atoms with van der Waals surface area (Å²) in [7, 11) is 0. The van der Waals surface area contributed by atoms with Crippen molar-refractivity contribution in [1.29, 1.82) is 0 Å². The molecule has 2 rings (SSSR count). The summed E-state index contributed by atoms with van der Waals surface area (Å²) in [6, 6.07) is 8.14. The van der Waals surface area contributed by atoms with Crippen molar-refractivity contribution in [3.63, 3.8) is 0 Å². The molecule has 0 saturated heterocycles. The Labute approximate surface area is 125 Å². The fourth-order valence-electron chi connectivity index (χ4n) is 1.57. The van der Waals surface area contributed by atoms with Crippen LogP contribution in [-0.4, -0.2) is 22.8 Å². The van der Waals surface area contributed by atoms with Gasteiger partial charge in [-0.3, -0.25) is 0 Å². The Morgan fingerprint density at radius 3 is 2.84 bits per heavy atom. The van der Waals surface area contributed by atoms with Crippen molar-refractivity contribution in [3.8, 4) is 0 Å². The lowest BCUT2D eigenvalue weighted by molar-refractivity contribution is 1.08. The minimum atomic E-state index is 0.620. The molecule has 0 bridgehead atoms. The molecule has 0 saturated carbocycles. The fraction of sp³-hybridized carbons (Fsp3) is 0.231. The number of hydrogen-bond donors (Lipinski definition) is 2. The molecule has 0 aliphatic carbocycles. The summed E-state index contributed by atoms with van der Waals surface area (Å²) in [6.45, 7) is 2.81. The van der Waals surface area contributed by atoms with Gasteiger partial charge in [-0.2, -0.15) is 4.98 Å². The van der Waals surface area contributed by atoms with E-state index in [0.29, 0.717) is 5.95 Å². The molecule has 1 aromatic carbocycles. The predicted molar refractivity (Wildman–Crippen MR) is 85.4 cm³/mol. The average Bonchev–Trinajstić information content (AvgIpc) is 2.43. The standard InChI is InChI=1S/C13H15BrN4S/c1-3-15-13-16-8-9(14)12(18-13)17-10-6-4-5-7-11(10)19-2/h4-8H,3H2,1-2H3,(H2,15,16,17,18). The minimum absolute atomic E-state index is 0.620. The van der Waals surface area contributed by atoms with E-state index in [-0.39, 0.29) is 0 Å². The molecule has 19 heavy (non-hydrogen) atoms. The van der Waals surface area contributed by atoms with Crippen LogP contribution in [0.3, 0.4) is 0 Å². The molecule has 0 fully saturated rings. The Kier molecular flexibility index (Phi) is 5.04. The topological polar surface area (TPSA) is 49.8 Å². The Bertz CT molecular complexity index is 562. The Hall–Kier alpha value is -1.27. The monoisotopic (exact) mass is 338 g/mol. The van der Waals surface area contributed by atoms with Crippen LogP contribution >= 0.6 is 27.7 Å². The summed E-state index contributed by atoms with van der Waals surface area (Å²) in [5, 5.41) is 6.43. The Morgan fingerprint density at radius 2 is 2.11 bits per heavy atom. The van der Waals surface area contributed by atoms with E-state index in [1.807, 2.05) is 25.1 Å². The van der Waals surface area contributed by atoms with E-state index in [1.54, 1.807) is 18.0 Å². The predicted octanol–water partition coefficient (Wildman–Crippen LogP) is 4.14. The van der Waals surface area contributed by atoms with Gasteiger partial charge in [0.25, 0.3) is 0 Å². The lowest BCUT2D eigenvalue weighted by Crippen LogP contribution is -2.04. The molecule has 2 N–H and O–H groups in total. The average molecular weight is 339 g/mol. The van der Waals surface area contributed by atoms with Gasteiger partial charge in [0.15, 0.2) is 0 Å². The minimum Gasteiger partial charge on any atom is -0.354 e. The molecular formula is C13H15BrN4S. The van der Waals surface area contributed by atoms with E-state index < -0.39 is 0 Å². The second-order valence-corrected chi connectivity index (χ2v) is 5.45. The summed E-state index contributed by atoms with van der Waals surface area (Å²) >= 11 is 5.16. The summed E-state index contributed by atoms with van der Waals surface area (Å²) in [6.07, 6.45) is 3.80. The van der Waals surface area contributed by atoms with Crippen LogP contribution in [-0.2, 0) is 0 Å². The highest BCUT2D eigenvalue weighted by atomic mass is 79.9. The summed E-state index contributed by atoms with van der Waals surface area (Å²) < 4.78 is 0.838. The van der Waals surface area contributed by atoms with E-state index in [1.165, 1.54) is 4.90 Å². The Morgan fingerprint density at radius 1 is 1.32 bits per heavy atom. The van der Waals surface area contributed by atoms with Gasteiger partial charge < -0.3 is 10.6 Å². The van der Waals surface area contributed by atoms with Crippen molar-refractivity contribution in [1.82, 2.24) is 9.97 Å². The van der Waals surface area contributed by atoms with E-state index in [0.717, 1.165) is 22.5 Å². The number of benzene rings is 1. The maximum Gasteiger partial charge on any atom is 0.224 e. The number of aromatic nitrogens is 2. The number of nitrogens with one attached hydrogen (secondary N) is 2. The van der Waals surface area contributed by atoms with Gasteiger partial charge in [0.2, 0.25) is 5.95 Å². The summed E-state index contributed by atoms with van der Waals surface area (Å²) in [5.41, 5.74) is 1.04. The molecule has 0 spiro atoms. The van der Waals surface area contributed by atoms with Crippen molar-refractivity contribution in [2.24, 2.45) is 0 Å². The molecule has 6 heteroatoms. The van der Waals surface area contributed by atoms with Crippen LogP contribution in [0, 0.1) is 0 Å². The van der Waals surface area contributed by atoms with Crippen molar-refractivity contribution in [3.05, 3.63) is 34.9 Å². The van der Waals surface area contributed by atoms with Crippen LogP contribution in [0.2, 0.25) is 0 Å². The zero-order valence-corrected chi connectivity index (χ0v) is 13.2. The number of halogens is 1. The zero-order valence-electron chi connectivity index (χ0n) is 10.8. The number of anilines is 3. The third kappa shape index (κ3) is 3.61. The molecule has 0 amide bonds. The molecular weight excluding hydrogens is 324 g/mol. The smallest absolute Gasteiger partial charge is 0.224 e. The molecule has 0 atom stereocenters. The first-order chi connectivity index (χ1) is 9.24. The second-order valence-electron chi connectivity index (χ2n) is 3.75. The molecule has 1 aromatic heterocycles. The van der Waals surface area contributed by atoms with Crippen LogP contribution in [0.15, 0.2) is 39.8 Å². The summed E-state index contributed by atoms with van der Waals surface area (Å²) in [4.78, 5) is 9.82. The van der Waals surface area contributed by atoms with E-state index in [9.17, 15) is 0 Å². The molecule has 4 nitrogen and oxygen atoms in total. The molecule has 0 aliphatic heterocycles. The third-order valence-electron chi connectivity index (χ3n) is 2.44. The Balaban J connectivity index is 2.29. The normalized spacial score (nSPS) is 10.3. The lowest BCUT2D eigenvalue weighted by atomic mass is 10.3.